The zero-order valence-corrected chi connectivity index (χ0v) is 13.1. The second-order valence-corrected chi connectivity index (χ2v) is 6.19. The van der Waals surface area contributed by atoms with Crippen LogP contribution in [0.4, 0.5) is 0 Å². The second-order valence-electron chi connectivity index (χ2n) is 6.19. The third kappa shape index (κ3) is 3.10. The average molecular weight is 304 g/mol. The molecule has 2 saturated heterocycles. The van der Waals surface area contributed by atoms with Gasteiger partial charge in [0.2, 0.25) is 5.91 Å². The summed E-state index contributed by atoms with van der Waals surface area (Å²) in [5.41, 5.74) is 1.22. The zero-order valence-electron chi connectivity index (χ0n) is 13.1. The van der Waals surface area contributed by atoms with Gasteiger partial charge in [0.25, 0.3) is 0 Å². The Labute approximate surface area is 131 Å². The number of ether oxygens (including phenoxy) is 2. The van der Waals surface area contributed by atoms with Crippen LogP contribution in [0.2, 0.25) is 0 Å². The summed E-state index contributed by atoms with van der Waals surface area (Å²) in [6, 6.07) is 8.21. The quantitative estimate of drug-likeness (QED) is 0.854. The minimum atomic E-state index is -0.0304. The normalized spacial score (nSPS) is 21.0. The van der Waals surface area contributed by atoms with Gasteiger partial charge in [-0.05, 0) is 30.5 Å². The molecule has 2 N–H and O–H groups in total. The molecule has 2 fully saturated rings. The summed E-state index contributed by atoms with van der Waals surface area (Å²) >= 11 is 0. The van der Waals surface area contributed by atoms with Crippen molar-refractivity contribution in [1.29, 1.82) is 0 Å². The molecule has 0 saturated carbocycles. The van der Waals surface area contributed by atoms with Crippen molar-refractivity contribution in [3.63, 3.8) is 0 Å². The molecule has 2 aliphatic heterocycles. The highest BCUT2D eigenvalue weighted by molar-refractivity contribution is 5.80. The van der Waals surface area contributed by atoms with E-state index in [0.29, 0.717) is 6.54 Å². The molecule has 0 spiro atoms. The Balaban J connectivity index is 1.72. The highest BCUT2D eigenvalue weighted by atomic mass is 16.5. The van der Waals surface area contributed by atoms with Crippen LogP contribution in [0.1, 0.15) is 18.4 Å². The molecule has 0 aliphatic carbocycles. The van der Waals surface area contributed by atoms with Crippen LogP contribution in [0.25, 0.3) is 0 Å². The van der Waals surface area contributed by atoms with Crippen LogP contribution < -0.4 is 15.4 Å². The Morgan fingerprint density at radius 1 is 1.32 bits per heavy atom. The number of benzene rings is 1. The lowest BCUT2D eigenvalue weighted by molar-refractivity contribution is -0.126. The Kier molecular flexibility index (Phi) is 4.64. The molecule has 3 rings (SSSR count). The number of carbonyl (C=O) groups is 1. The molecule has 0 bridgehead atoms. The second kappa shape index (κ2) is 6.67. The van der Waals surface area contributed by atoms with E-state index in [1.165, 1.54) is 5.56 Å². The van der Waals surface area contributed by atoms with Crippen molar-refractivity contribution in [3.8, 4) is 5.75 Å². The fraction of sp³-hybridized carbons (Fsp3) is 0.588. The van der Waals surface area contributed by atoms with Crippen molar-refractivity contribution in [2.24, 2.45) is 5.92 Å². The molecular formula is C17H24N2O3. The predicted octanol–water partition coefficient (Wildman–Crippen LogP) is 1.08. The van der Waals surface area contributed by atoms with Crippen molar-refractivity contribution in [2.45, 2.75) is 18.3 Å². The summed E-state index contributed by atoms with van der Waals surface area (Å²) in [4.78, 5) is 12.1. The van der Waals surface area contributed by atoms with E-state index >= 15 is 0 Å². The standard InChI is InChI=1S/C17H24N2O3/c1-21-15-4-2-14(3-5-15)17(6-8-22-9-7-17)12-19-16(20)13-10-18-11-13/h2-5,13,18H,6-12H2,1H3,(H,19,20). The van der Waals surface area contributed by atoms with E-state index in [1.807, 2.05) is 12.1 Å². The Hall–Kier alpha value is -1.59. The van der Waals surface area contributed by atoms with Crippen molar-refractivity contribution in [1.82, 2.24) is 10.6 Å². The average Bonchev–Trinajstić information content (AvgIpc) is 2.52. The summed E-state index contributed by atoms with van der Waals surface area (Å²) in [5, 5.41) is 6.30. The highest BCUT2D eigenvalue weighted by Gasteiger charge is 2.36. The third-order valence-electron chi connectivity index (χ3n) is 4.91. The zero-order chi connectivity index (χ0) is 15.4. The fourth-order valence-electron chi connectivity index (χ4n) is 3.15. The summed E-state index contributed by atoms with van der Waals surface area (Å²) in [5.74, 6) is 1.15. The first-order valence-corrected chi connectivity index (χ1v) is 7.94. The van der Waals surface area contributed by atoms with Gasteiger partial charge in [0.15, 0.2) is 0 Å². The molecule has 5 nitrogen and oxygen atoms in total. The van der Waals surface area contributed by atoms with E-state index in [-0.39, 0.29) is 17.2 Å². The number of nitrogens with one attached hydrogen (secondary N) is 2. The number of hydrogen-bond acceptors (Lipinski definition) is 4. The SMILES string of the molecule is COc1ccc(C2(CNC(=O)C3CNC3)CCOCC2)cc1. The van der Waals surface area contributed by atoms with Gasteiger partial charge in [0.1, 0.15) is 5.75 Å². The van der Waals surface area contributed by atoms with Crippen LogP contribution >= 0.6 is 0 Å². The van der Waals surface area contributed by atoms with Gasteiger partial charge in [-0.25, -0.2) is 0 Å². The monoisotopic (exact) mass is 304 g/mol. The maximum atomic E-state index is 12.1. The predicted molar refractivity (Wildman–Crippen MR) is 84.1 cm³/mol. The number of rotatable bonds is 5. The largest absolute Gasteiger partial charge is 0.497 e. The van der Waals surface area contributed by atoms with Crippen molar-refractivity contribution in [3.05, 3.63) is 29.8 Å². The molecule has 0 atom stereocenters. The molecule has 0 radical (unpaired) electrons. The highest BCUT2D eigenvalue weighted by Crippen LogP contribution is 2.35. The van der Waals surface area contributed by atoms with E-state index in [2.05, 4.69) is 22.8 Å². The molecule has 2 aliphatic rings. The first-order chi connectivity index (χ1) is 10.7. The molecule has 22 heavy (non-hydrogen) atoms. The van der Waals surface area contributed by atoms with Crippen LogP contribution in [0.5, 0.6) is 5.75 Å². The van der Waals surface area contributed by atoms with Crippen molar-refractivity contribution >= 4 is 5.91 Å². The van der Waals surface area contributed by atoms with Crippen molar-refractivity contribution < 1.29 is 14.3 Å². The topological polar surface area (TPSA) is 59.6 Å². The molecule has 1 amide bonds. The maximum absolute atomic E-state index is 12.1. The first-order valence-electron chi connectivity index (χ1n) is 7.94. The summed E-state index contributed by atoms with van der Waals surface area (Å²) in [6.45, 7) is 3.76. The van der Waals surface area contributed by atoms with Crippen LogP contribution in [0.15, 0.2) is 24.3 Å². The van der Waals surface area contributed by atoms with Crippen LogP contribution in [0, 0.1) is 5.92 Å². The molecule has 0 aromatic heterocycles. The van der Waals surface area contributed by atoms with Crippen LogP contribution in [0.3, 0.4) is 0 Å². The first kappa shape index (κ1) is 15.3. The van der Waals surface area contributed by atoms with Crippen molar-refractivity contribution in [2.75, 3.05) is 40.0 Å². The Bertz CT molecular complexity index is 505. The molecule has 0 unspecified atom stereocenters. The summed E-state index contributed by atoms with van der Waals surface area (Å²) in [6.07, 6.45) is 1.87. The Morgan fingerprint density at radius 2 is 2.00 bits per heavy atom. The van der Waals surface area contributed by atoms with E-state index in [0.717, 1.165) is 44.9 Å². The van der Waals surface area contributed by atoms with E-state index in [9.17, 15) is 4.79 Å². The molecule has 2 heterocycles. The van der Waals surface area contributed by atoms with Crippen LogP contribution in [-0.4, -0.2) is 45.9 Å². The smallest absolute Gasteiger partial charge is 0.225 e. The number of carbonyl (C=O) groups excluding carboxylic acids is 1. The summed E-state index contributed by atoms with van der Waals surface area (Å²) in [7, 11) is 1.67. The number of hydrogen-bond donors (Lipinski definition) is 2. The van der Waals surface area contributed by atoms with Gasteiger partial charge in [0.05, 0.1) is 13.0 Å². The lowest BCUT2D eigenvalue weighted by atomic mass is 9.74. The van der Waals surface area contributed by atoms with Gasteiger partial charge in [-0.2, -0.15) is 0 Å². The van der Waals surface area contributed by atoms with Gasteiger partial charge >= 0.3 is 0 Å². The van der Waals surface area contributed by atoms with Gasteiger partial charge in [0, 0.05) is 38.3 Å². The van der Waals surface area contributed by atoms with Gasteiger partial charge < -0.3 is 20.1 Å². The van der Waals surface area contributed by atoms with Gasteiger partial charge in [-0.15, -0.1) is 0 Å². The maximum Gasteiger partial charge on any atom is 0.225 e. The molecule has 5 heteroatoms. The number of amides is 1. The lowest BCUT2D eigenvalue weighted by Gasteiger charge is -2.38. The molecule has 120 valence electrons. The fourth-order valence-corrected chi connectivity index (χ4v) is 3.15. The minimum absolute atomic E-state index is 0.0304. The minimum Gasteiger partial charge on any atom is -0.497 e. The number of methoxy groups -OCH3 is 1. The van der Waals surface area contributed by atoms with Gasteiger partial charge in [-0.3, -0.25) is 4.79 Å². The summed E-state index contributed by atoms with van der Waals surface area (Å²) < 4.78 is 10.8. The van der Waals surface area contributed by atoms with E-state index < -0.39 is 0 Å². The van der Waals surface area contributed by atoms with E-state index in [1.54, 1.807) is 7.11 Å². The Morgan fingerprint density at radius 3 is 2.55 bits per heavy atom. The van der Waals surface area contributed by atoms with Crippen LogP contribution in [-0.2, 0) is 14.9 Å². The molecule has 1 aromatic carbocycles. The molecule has 1 aromatic rings. The third-order valence-corrected chi connectivity index (χ3v) is 4.91. The van der Waals surface area contributed by atoms with Gasteiger partial charge in [-0.1, -0.05) is 12.1 Å². The van der Waals surface area contributed by atoms with E-state index in [4.69, 9.17) is 9.47 Å². The lowest BCUT2D eigenvalue weighted by Crippen LogP contribution is -2.53. The molecular weight excluding hydrogens is 280 g/mol.